The number of ether oxygens (including phenoxy) is 2. The van der Waals surface area contributed by atoms with Crippen molar-refractivity contribution < 1.29 is 9.47 Å². The number of nitrogens with one attached hydrogen (secondary N) is 1. The van der Waals surface area contributed by atoms with E-state index in [4.69, 9.17) is 9.47 Å². The maximum Gasteiger partial charge on any atom is 0.214 e. The van der Waals surface area contributed by atoms with Crippen LogP contribution in [0.25, 0.3) is 0 Å². The molecule has 0 saturated carbocycles. The van der Waals surface area contributed by atoms with Gasteiger partial charge in [-0.15, -0.1) is 0 Å². The summed E-state index contributed by atoms with van der Waals surface area (Å²) in [6.45, 7) is 6.86. The number of aromatic nitrogens is 1. The van der Waals surface area contributed by atoms with E-state index in [1.165, 1.54) is 0 Å². The number of nitrogens with zero attached hydrogens (tertiary/aromatic N) is 2. The van der Waals surface area contributed by atoms with E-state index in [0.717, 1.165) is 38.7 Å². The zero-order valence-corrected chi connectivity index (χ0v) is 11.1. The van der Waals surface area contributed by atoms with Gasteiger partial charge < -0.3 is 14.8 Å². The second-order valence-corrected chi connectivity index (χ2v) is 4.52. The minimum absolute atomic E-state index is 0.350. The lowest BCUT2D eigenvalue weighted by Gasteiger charge is -2.29. The van der Waals surface area contributed by atoms with E-state index in [9.17, 15) is 0 Å². The number of methoxy groups -OCH3 is 1. The molecule has 0 radical (unpaired) electrons. The Labute approximate surface area is 108 Å². The summed E-state index contributed by atoms with van der Waals surface area (Å²) in [7, 11) is 1.63. The molecule has 0 bridgehead atoms. The molecule has 0 spiro atoms. The molecule has 1 aromatic heterocycles. The van der Waals surface area contributed by atoms with E-state index in [2.05, 4.69) is 22.1 Å². The predicted molar refractivity (Wildman–Crippen MR) is 71.1 cm³/mol. The van der Waals surface area contributed by atoms with Crippen LogP contribution in [0.5, 0.6) is 5.88 Å². The average Bonchev–Trinajstić information content (AvgIpc) is 2.40. The lowest BCUT2D eigenvalue weighted by molar-refractivity contribution is 0.0368. The van der Waals surface area contributed by atoms with Gasteiger partial charge in [-0.25, -0.2) is 0 Å². The molecule has 1 aliphatic rings. The Morgan fingerprint density at radius 2 is 2.22 bits per heavy atom. The summed E-state index contributed by atoms with van der Waals surface area (Å²) >= 11 is 0. The van der Waals surface area contributed by atoms with Crippen LogP contribution in [0.1, 0.15) is 6.92 Å². The van der Waals surface area contributed by atoms with Crippen molar-refractivity contribution in [1.29, 1.82) is 0 Å². The molecule has 1 unspecified atom stereocenters. The monoisotopic (exact) mass is 251 g/mol. The number of rotatable bonds is 5. The zero-order valence-electron chi connectivity index (χ0n) is 11.1. The Bertz CT molecular complexity index is 367. The van der Waals surface area contributed by atoms with Gasteiger partial charge in [0.1, 0.15) is 5.82 Å². The van der Waals surface area contributed by atoms with Crippen molar-refractivity contribution in [3.63, 3.8) is 0 Å². The molecule has 18 heavy (non-hydrogen) atoms. The molecule has 5 nitrogen and oxygen atoms in total. The minimum Gasteiger partial charge on any atom is -0.481 e. The van der Waals surface area contributed by atoms with E-state index >= 15 is 0 Å². The lowest BCUT2D eigenvalue weighted by Crippen LogP contribution is -2.42. The van der Waals surface area contributed by atoms with Crippen molar-refractivity contribution in [2.24, 2.45) is 0 Å². The van der Waals surface area contributed by atoms with Crippen molar-refractivity contribution in [3.8, 4) is 5.88 Å². The Hall–Kier alpha value is -1.33. The van der Waals surface area contributed by atoms with Gasteiger partial charge in [-0.2, -0.15) is 4.98 Å². The second kappa shape index (κ2) is 6.56. The van der Waals surface area contributed by atoms with Crippen LogP contribution in [0.4, 0.5) is 5.82 Å². The van der Waals surface area contributed by atoms with Gasteiger partial charge in [0.25, 0.3) is 0 Å². The average molecular weight is 251 g/mol. The zero-order chi connectivity index (χ0) is 12.8. The number of pyridine rings is 1. The fraction of sp³-hybridized carbons (Fsp3) is 0.615. The van der Waals surface area contributed by atoms with Crippen LogP contribution < -0.4 is 10.1 Å². The van der Waals surface area contributed by atoms with Crippen LogP contribution in [0.15, 0.2) is 18.2 Å². The molecule has 1 N–H and O–H groups in total. The van der Waals surface area contributed by atoms with E-state index in [1.54, 1.807) is 7.11 Å². The first-order chi connectivity index (χ1) is 8.78. The van der Waals surface area contributed by atoms with Crippen LogP contribution in [0, 0.1) is 0 Å². The number of morpholine rings is 1. The van der Waals surface area contributed by atoms with Crippen molar-refractivity contribution >= 4 is 5.82 Å². The molecule has 2 rings (SSSR count). The van der Waals surface area contributed by atoms with E-state index in [0.29, 0.717) is 11.9 Å². The summed E-state index contributed by atoms with van der Waals surface area (Å²) < 4.78 is 10.4. The first-order valence-corrected chi connectivity index (χ1v) is 6.35. The highest BCUT2D eigenvalue weighted by Crippen LogP contribution is 2.12. The van der Waals surface area contributed by atoms with Crippen molar-refractivity contribution in [1.82, 2.24) is 9.88 Å². The quantitative estimate of drug-likeness (QED) is 0.852. The summed E-state index contributed by atoms with van der Waals surface area (Å²) in [4.78, 5) is 6.75. The standard InChI is InChI=1S/C13H21N3O2/c1-11(10-16-6-8-18-9-7-16)14-12-4-3-5-13(15-12)17-2/h3-5,11H,6-10H2,1-2H3,(H,14,15). The highest BCUT2D eigenvalue weighted by molar-refractivity contribution is 5.37. The third kappa shape index (κ3) is 3.85. The third-order valence-corrected chi connectivity index (χ3v) is 2.96. The molecule has 2 heterocycles. The van der Waals surface area contributed by atoms with Gasteiger partial charge in [-0.05, 0) is 13.0 Å². The number of anilines is 1. The Morgan fingerprint density at radius 3 is 2.94 bits per heavy atom. The smallest absolute Gasteiger partial charge is 0.214 e. The highest BCUT2D eigenvalue weighted by Gasteiger charge is 2.13. The molecule has 1 fully saturated rings. The Balaban J connectivity index is 1.83. The van der Waals surface area contributed by atoms with Crippen LogP contribution >= 0.6 is 0 Å². The van der Waals surface area contributed by atoms with Gasteiger partial charge in [-0.3, -0.25) is 4.90 Å². The topological polar surface area (TPSA) is 46.6 Å². The van der Waals surface area contributed by atoms with Crippen LogP contribution in [-0.4, -0.2) is 55.9 Å². The first-order valence-electron chi connectivity index (χ1n) is 6.35. The summed E-state index contributed by atoms with van der Waals surface area (Å²) in [5.41, 5.74) is 0. The van der Waals surface area contributed by atoms with Crippen LogP contribution in [0.2, 0.25) is 0 Å². The highest BCUT2D eigenvalue weighted by atomic mass is 16.5. The third-order valence-electron chi connectivity index (χ3n) is 2.96. The normalized spacial score (nSPS) is 18.3. The molecule has 1 aromatic rings. The number of hydrogen-bond donors (Lipinski definition) is 1. The van der Waals surface area contributed by atoms with Crippen molar-refractivity contribution in [3.05, 3.63) is 18.2 Å². The molecular formula is C13H21N3O2. The summed E-state index contributed by atoms with van der Waals surface area (Å²) in [5, 5.41) is 3.39. The molecule has 5 heteroatoms. The van der Waals surface area contributed by atoms with E-state index in [1.807, 2.05) is 18.2 Å². The largest absolute Gasteiger partial charge is 0.481 e. The molecule has 0 aromatic carbocycles. The first kappa shape index (κ1) is 13.1. The van der Waals surface area contributed by atoms with Gasteiger partial charge in [0, 0.05) is 31.7 Å². The van der Waals surface area contributed by atoms with Crippen LogP contribution in [-0.2, 0) is 4.74 Å². The second-order valence-electron chi connectivity index (χ2n) is 4.52. The van der Waals surface area contributed by atoms with Crippen LogP contribution in [0.3, 0.4) is 0 Å². The van der Waals surface area contributed by atoms with E-state index < -0.39 is 0 Å². The Kier molecular flexibility index (Phi) is 4.78. The van der Waals surface area contributed by atoms with Gasteiger partial charge in [0.05, 0.1) is 20.3 Å². The molecule has 0 amide bonds. The van der Waals surface area contributed by atoms with Gasteiger partial charge in [-0.1, -0.05) is 6.07 Å². The maximum absolute atomic E-state index is 5.34. The van der Waals surface area contributed by atoms with Gasteiger partial charge in [0.2, 0.25) is 5.88 Å². The fourth-order valence-corrected chi connectivity index (χ4v) is 2.08. The molecular weight excluding hydrogens is 230 g/mol. The molecule has 1 atom stereocenters. The Morgan fingerprint density at radius 1 is 1.44 bits per heavy atom. The summed E-state index contributed by atoms with van der Waals surface area (Å²) in [6, 6.07) is 6.09. The van der Waals surface area contributed by atoms with E-state index in [-0.39, 0.29) is 0 Å². The van der Waals surface area contributed by atoms with Crippen molar-refractivity contribution in [2.45, 2.75) is 13.0 Å². The molecule has 1 aliphatic heterocycles. The summed E-state index contributed by atoms with van der Waals surface area (Å²) in [6.07, 6.45) is 0. The van der Waals surface area contributed by atoms with Gasteiger partial charge in [0.15, 0.2) is 0 Å². The fourth-order valence-electron chi connectivity index (χ4n) is 2.08. The maximum atomic E-state index is 5.34. The lowest BCUT2D eigenvalue weighted by atomic mass is 10.3. The van der Waals surface area contributed by atoms with Crippen molar-refractivity contribution in [2.75, 3.05) is 45.3 Å². The predicted octanol–water partition coefficient (Wildman–Crippen LogP) is 1.22. The summed E-state index contributed by atoms with van der Waals surface area (Å²) in [5.74, 6) is 1.49. The SMILES string of the molecule is COc1cccc(NC(C)CN2CCOCC2)n1. The molecule has 0 aliphatic carbocycles. The minimum atomic E-state index is 0.350. The molecule has 1 saturated heterocycles. The van der Waals surface area contributed by atoms with Gasteiger partial charge >= 0.3 is 0 Å². The molecule has 100 valence electrons. The number of hydrogen-bond acceptors (Lipinski definition) is 5.